The Balaban J connectivity index is 0.000000208. The molecule has 0 fully saturated rings. The number of nitrogens with two attached hydrogens (primary N) is 1. The zero-order chi connectivity index (χ0) is 38.5. The number of nitrogens with zero attached hydrogens (tertiary/aromatic N) is 4. The Bertz CT molecular complexity index is 2130. The van der Waals surface area contributed by atoms with Gasteiger partial charge in [-0.1, -0.05) is 95.5 Å². The Morgan fingerprint density at radius 3 is 1.48 bits per heavy atom. The van der Waals surface area contributed by atoms with Gasteiger partial charge in [0.05, 0.1) is 37.5 Å². The molecule has 0 amide bonds. The normalized spacial score (nSPS) is 10.3. The average Bonchev–Trinajstić information content (AvgIpc) is 3.18. The van der Waals surface area contributed by atoms with E-state index in [1.807, 2.05) is 48.5 Å². The van der Waals surface area contributed by atoms with Crippen molar-refractivity contribution in [2.45, 2.75) is 25.7 Å². The highest BCUT2D eigenvalue weighted by atomic mass is 35.5. The molecule has 0 atom stereocenters. The van der Waals surface area contributed by atoms with Gasteiger partial charge in [-0.05, 0) is 73.2 Å². The third kappa shape index (κ3) is 11.0. The maximum Gasteiger partial charge on any atom is 0.241 e. The van der Waals surface area contributed by atoms with Crippen molar-refractivity contribution >= 4 is 40.5 Å². The molecule has 272 valence electrons. The summed E-state index contributed by atoms with van der Waals surface area (Å²) in [5.41, 5.74) is 11.2. The zero-order valence-electron chi connectivity index (χ0n) is 29.4. The van der Waals surface area contributed by atoms with Crippen LogP contribution in [0.15, 0.2) is 109 Å². The van der Waals surface area contributed by atoms with E-state index in [1.54, 1.807) is 48.5 Å². The summed E-state index contributed by atoms with van der Waals surface area (Å²) >= 11 is 18.4. The molecule has 0 bridgehead atoms. The van der Waals surface area contributed by atoms with Gasteiger partial charge in [0.25, 0.3) is 0 Å². The minimum Gasteiger partial charge on any atom is -0.480 e. The molecule has 0 aliphatic rings. The summed E-state index contributed by atoms with van der Waals surface area (Å²) in [6.45, 7) is 0. The van der Waals surface area contributed by atoms with Crippen molar-refractivity contribution in [3.63, 3.8) is 0 Å². The summed E-state index contributed by atoms with van der Waals surface area (Å²) in [5.74, 6) is 2.25. The van der Waals surface area contributed by atoms with E-state index in [-0.39, 0.29) is 5.02 Å². The van der Waals surface area contributed by atoms with Gasteiger partial charge in [0.2, 0.25) is 11.8 Å². The van der Waals surface area contributed by atoms with Crippen LogP contribution in [-0.2, 0) is 25.7 Å². The Morgan fingerprint density at radius 1 is 0.574 bits per heavy atom. The summed E-state index contributed by atoms with van der Waals surface area (Å²) in [4.78, 5) is 8.90. The molecule has 2 heterocycles. The van der Waals surface area contributed by atoms with Gasteiger partial charge in [0.1, 0.15) is 22.2 Å². The molecule has 0 radical (unpaired) electrons. The van der Waals surface area contributed by atoms with Crippen LogP contribution < -0.4 is 24.7 Å². The standard InChI is InChI=1S/C21H16Cl2N2O2.C21H18ClN3O2/c1-26-21-20(23)19(27-18-10-15(13-24)9-16(22)11-18)12-17(25-21)8-7-14-5-3-2-4-6-14;1-26-21-20(24)19(27-18-10-15(13-23)9-16(22)11-18)12-17(25-21)8-7-14-5-3-2-4-6-14/h2-6,9-12H,7-8H2,1H3;2-6,9-12H,7-8,24H2,1H3. The van der Waals surface area contributed by atoms with E-state index in [1.165, 1.54) is 25.3 Å². The van der Waals surface area contributed by atoms with Crippen LogP contribution in [0.25, 0.3) is 0 Å². The monoisotopic (exact) mass is 777 g/mol. The highest BCUT2D eigenvalue weighted by Gasteiger charge is 2.16. The third-order valence-corrected chi connectivity index (χ3v) is 8.64. The average molecular weight is 779 g/mol. The van der Waals surface area contributed by atoms with Gasteiger partial charge in [-0.3, -0.25) is 0 Å². The third-order valence-electron chi connectivity index (χ3n) is 7.85. The van der Waals surface area contributed by atoms with Crippen molar-refractivity contribution < 1.29 is 18.9 Å². The number of methoxy groups -OCH3 is 2. The Kier molecular flexibility index (Phi) is 14.0. The molecule has 54 heavy (non-hydrogen) atoms. The number of aryl methyl sites for hydroxylation is 4. The fraction of sp³-hybridized carbons (Fsp3) is 0.143. The number of anilines is 1. The molecule has 2 aromatic heterocycles. The van der Waals surface area contributed by atoms with E-state index in [0.29, 0.717) is 74.5 Å². The van der Waals surface area contributed by atoms with Crippen molar-refractivity contribution in [2.24, 2.45) is 0 Å². The summed E-state index contributed by atoms with van der Waals surface area (Å²) < 4.78 is 22.3. The summed E-state index contributed by atoms with van der Waals surface area (Å²) in [6, 6.07) is 37.5. The largest absolute Gasteiger partial charge is 0.480 e. The van der Waals surface area contributed by atoms with Gasteiger partial charge in [0.15, 0.2) is 11.5 Å². The molecule has 9 nitrogen and oxygen atoms in total. The maximum atomic E-state index is 9.09. The molecule has 0 saturated heterocycles. The van der Waals surface area contributed by atoms with E-state index in [4.69, 9.17) is 70.0 Å². The Labute approximate surface area is 329 Å². The van der Waals surface area contributed by atoms with Gasteiger partial charge >= 0.3 is 0 Å². The van der Waals surface area contributed by atoms with Crippen LogP contribution in [0.5, 0.6) is 34.8 Å². The number of hydrogen-bond donors (Lipinski definition) is 1. The smallest absolute Gasteiger partial charge is 0.241 e. The number of nitrogen functional groups attached to an aromatic ring is 1. The van der Waals surface area contributed by atoms with E-state index in [9.17, 15) is 0 Å². The molecule has 0 saturated carbocycles. The van der Waals surface area contributed by atoms with Gasteiger partial charge in [0, 0.05) is 33.6 Å². The summed E-state index contributed by atoms with van der Waals surface area (Å²) in [7, 11) is 3.02. The van der Waals surface area contributed by atoms with Crippen LogP contribution in [-0.4, -0.2) is 24.2 Å². The van der Waals surface area contributed by atoms with Gasteiger partial charge in [-0.2, -0.15) is 10.5 Å². The first-order valence-corrected chi connectivity index (χ1v) is 17.7. The molecule has 0 aliphatic heterocycles. The van der Waals surface area contributed by atoms with E-state index in [0.717, 1.165) is 24.2 Å². The lowest BCUT2D eigenvalue weighted by Gasteiger charge is -2.13. The number of aromatic nitrogens is 2. The van der Waals surface area contributed by atoms with E-state index >= 15 is 0 Å². The van der Waals surface area contributed by atoms with Crippen molar-refractivity contribution in [1.82, 2.24) is 9.97 Å². The number of pyridine rings is 2. The molecule has 0 aliphatic carbocycles. The molecule has 12 heteroatoms. The number of benzene rings is 4. The molecule has 2 N–H and O–H groups in total. The Morgan fingerprint density at radius 2 is 1.02 bits per heavy atom. The molecule has 0 unspecified atom stereocenters. The molecule has 6 rings (SSSR count). The van der Waals surface area contributed by atoms with Crippen LogP contribution in [0.3, 0.4) is 0 Å². The van der Waals surface area contributed by atoms with Crippen LogP contribution in [0.1, 0.15) is 33.6 Å². The quantitative estimate of drug-likeness (QED) is 0.129. The topological polar surface area (TPSA) is 136 Å². The van der Waals surface area contributed by atoms with Crippen LogP contribution in [0.4, 0.5) is 5.69 Å². The molecular weight excluding hydrogens is 745 g/mol. The van der Waals surface area contributed by atoms with Crippen molar-refractivity contribution in [3.8, 4) is 46.9 Å². The minimum atomic E-state index is 0.263. The predicted octanol–water partition coefficient (Wildman–Crippen LogP) is 10.6. The highest BCUT2D eigenvalue weighted by molar-refractivity contribution is 6.33. The Hall–Kier alpha value is -5.97. The predicted molar refractivity (Wildman–Crippen MR) is 211 cm³/mol. The first-order chi connectivity index (χ1) is 26.2. The fourth-order valence-electron chi connectivity index (χ4n) is 5.26. The first-order valence-electron chi connectivity index (χ1n) is 16.6. The lowest BCUT2D eigenvalue weighted by molar-refractivity contribution is 0.390. The molecule has 0 spiro atoms. The molecular formula is C42H34Cl3N5O4. The van der Waals surface area contributed by atoms with Gasteiger partial charge < -0.3 is 24.7 Å². The summed E-state index contributed by atoms with van der Waals surface area (Å²) in [6.07, 6.45) is 3.06. The van der Waals surface area contributed by atoms with E-state index in [2.05, 4.69) is 34.2 Å². The second-order valence-corrected chi connectivity index (χ2v) is 13.0. The van der Waals surface area contributed by atoms with Gasteiger partial charge in [-0.15, -0.1) is 0 Å². The second kappa shape index (κ2) is 19.2. The lowest BCUT2D eigenvalue weighted by atomic mass is 10.1. The van der Waals surface area contributed by atoms with Crippen LogP contribution >= 0.6 is 34.8 Å². The van der Waals surface area contributed by atoms with Crippen LogP contribution in [0, 0.1) is 22.7 Å². The van der Waals surface area contributed by atoms with Crippen molar-refractivity contribution in [3.05, 3.63) is 158 Å². The fourth-order valence-corrected chi connectivity index (χ4v) is 5.92. The second-order valence-electron chi connectivity index (χ2n) is 11.7. The lowest BCUT2D eigenvalue weighted by Crippen LogP contribution is -2.03. The van der Waals surface area contributed by atoms with Crippen molar-refractivity contribution in [1.29, 1.82) is 10.5 Å². The minimum absolute atomic E-state index is 0.263. The summed E-state index contributed by atoms with van der Waals surface area (Å²) in [5, 5.41) is 19.3. The molecule has 6 aromatic rings. The van der Waals surface area contributed by atoms with Crippen LogP contribution in [0.2, 0.25) is 15.1 Å². The number of nitriles is 2. The van der Waals surface area contributed by atoms with E-state index < -0.39 is 0 Å². The first kappa shape index (κ1) is 39.2. The van der Waals surface area contributed by atoms with Crippen molar-refractivity contribution in [2.75, 3.05) is 20.0 Å². The number of halogens is 3. The molecule has 4 aromatic carbocycles. The number of ether oxygens (including phenoxy) is 4. The zero-order valence-corrected chi connectivity index (χ0v) is 31.6. The number of rotatable bonds is 12. The van der Waals surface area contributed by atoms with Gasteiger partial charge in [-0.25, -0.2) is 9.97 Å². The number of hydrogen-bond acceptors (Lipinski definition) is 9. The maximum absolute atomic E-state index is 9.09. The highest BCUT2D eigenvalue weighted by Crippen LogP contribution is 2.38. The SMILES string of the molecule is COc1nc(CCc2ccccc2)cc(Oc2cc(Cl)cc(C#N)c2)c1Cl.COc1nc(CCc2ccccc2)cc(Oc2cc(Cl)cc(C#N)c2)c1N.